The Morgan fingerprint density at radius 2 is 1.07 bits per heavy atom. The van der Waals surface area contributed by atoms with E-state index in [1.807, 2.05) is 0 Å². The van der Waals surface area contributed by atoms with Crippen LogP contribution >= 0.6 is 0 Å². The predicted octanol–water partition coefficient (Wildman–Crippen LogP) is -5.93. The van der Waals surface area contributed by atoms with Gasteiger partial charge in [0.25, 0.3) is 0 Å². The molecular weight excluding hydrogens is 892 g/mol. The van der Waals surface area contributed by atoms with Crippen molar-refractivity contribution in [1.29, 1.82) is 0 Å². The molecule has 0 aliphatic carbocycles. The summed E-state index contributed by atoms with van der Waals surface area (Å²) >= 11 is 0. The normalized spacial score (nSPS) is 18.0. The number of nitrogens with zero attached hydrogens (tertiary/aromatic N) is 1. The molecule has 1 rings (SSSR count). The maximum Gasteiger partial charge on any atom is 0.328 e. The van der Waals surface area contributed by atoms with Crippen LogP contribution in [0.4, 0.5) is 0 Å². The molecule has 0 unspecified atom stereocenters. The first-order valence-electron chi connectivity index (χ1n) is 21.8. The lowest BCUT2D eigenvalue weighted by atomic mass is 10.0. The summed E-state index contributed by atoms with van der Waals surface area (Å²) in [6.45, 7) is 5.89. The van der Waals surface area contributed by atoms with Gasteiger partial charge < -0.3 is 84.2 Å². The molecule has 0 aromatic carbocycles. The molecule has 0 bridgehead atoms. The van der Waals surface area contributed by atoms with E-state index in [2.05, 4.69) is 37.2 Å². The van der Waals surface area contributed by atoms with Crippen molar-refractivity contribution in [2.45, 2.75) is 159 Å². The number of unbranched alkanes of at least 4 members (excludes halogenated alkanes) is 1. The summed E-state index contributed by atoms with van der Waals surface area (Å²) < 4.78 is 0. The number of rotatable bonds is 30. The van der Waals surface area contributed by atoms with E-state index in [4.69, 9.17) is 11.5 Å². The van der Waals surface area contributed by atoms with Crippen LogP contribution in [0.5, 0.6) is 0 Å². The third-order valence-corrected chi connectivity index (χ3v) is 10.6. The molecule has 380 valence electrons. The molecule has 27 heteroatoms. The van der Waals surface area contributed by atoms with E-state index in [0.29, 0.717) is 12.8 Å². The Kier molecular flexibility index (Phi) is 25.4. The molecule has 17 N–H and O–H groups in total. The number of carboxylic acid groups (broad SMARTS) is 3. The quantitative estimate of drug-likeness (QED) is 0.0298. The van der Waals surface area contributed by atoms with Crippen molar-refractivity contribution >= 4 is 65.2 Å². The van der Waals surface area contributed by atoms with E-state index in [-0.39, 0.29) is 32.4 Å². The summed E-state index contributed by atoms with van der Waals surface area (Å²) in [4.78, 5) is 142. The number of carboxylic acids is 3. The molecule has 0 aromatic rings. The number of nitrogens with one attached hydrogen (secondary N) is 7. The Hall–Kier alpha value is -6.03. The van der Waals surface area contributed by atoms with E-state index in [1.54, 1.807) is 0 Å². The van der Waals surface area contributed by atoms with E-state index in [9.17, 15) is 83.4 Å². The highest BCUT2D eigenvalue weighted by molar-refractivity contribution is 5.98. The van der Waals surface area contributed by atoms with Crippen molar-refractivity contribution < 1.29 is 83.4 Å². The van der Waals surface area contributed by atoms with E-state index < -0.39 is 170 Å². The van der Waals surface area contributed by atoms with E-state index in [1.165, 1.54) is 27.7 Å². The number of carbonyl (C=O) groups is 11. The number of hydrogen-bond donors (Lipinski definition) is 15. The third-order valence-electron chi connectivity index (χ3n) is 10.6. The molecule has 67 heavy (non-hydrogen) atoms. The van der Waals surface area contributed by atoms with Gasteiger partial charge in [0.1, 0.15) is 48.3 Å². The zero-order valence-corrected chi connectivity index (χ0v) is 38.2. The first kappa shape index (κ1) is 59.0. The van der Waals surface area contributed by atoms with Gasteiger partial charge >= 0.3 is 17.9 Å². The molecule has 11 atom stereocenters. The minimum Gasteiger partial charge on any atom is -0.481 e. The first-order valence-corrected chi connectivity index (χ1v) is 21.8. The van der Waals surface area contributed by atoms with Crippen molar-refractivity contribution in [3.05, 3.63) is 0 Å². The summed E-state index contributed by atoms with van der Waals surface area (Å²) in [7, 11) is 0. The van der Waals surface area contributed by atoms with Crippen LogP contribution < -0.4 is 48.7 Å². The maximum absolute atomic E-state index is 13.8. The van der Waals surface area contributed by atoms with Crippen LogP contribution in [0.25, 0.3) is 0 Å². The van der Waals surface area contributed by atoms with Crippen molar-refractivity contribution in [1.82, 2.24) is 42.1 Å². The van der Waals surface area contributed by atoms with Gasteiger partial charge in [-0.25, -0.2) is 4.79 Å². The lowest BCUT2D eigenvalue weighted by molar-refractivity contribution is -0.145. The third kappa shape index (κ3) is 19.8. The number of aliphatic hydroxyl groups excluding tert-OH is 3. The molecule has 1 saturated heterocycles. The van der Waals surface area contributed by atoms with Gasteiger partial charge in [-0.2, -0.15) is 0 Å². The Balaban J connectivity index is 3.28. The molecule has 0 saturated carbocycles. The molecule has 1 heterocycles. The number of nitrogens with two attached hydrogens (primary N) is 2. The van der Waals surface area contributed by atoms with Gasteiger partial charge in [-0.1, -0.05) is 13.8 Å². The van der Waals surface area contributed by atoms with Crippen LogP contribution in [-0.2, 0) is 52.7 Å². The fourth-order valence-electron chi connectivity index (χ4n) is 6.64. The summed E-state index contributed by atoms with van der Waals surface area (Å²) in [5.41, 5.74) is 11.4. The smallest absolute Gasteiger partial charge is 0.328 e. The number of likely N-dealkylation sites (tertiary alicyclic amines) is 1. The monoisotopic (exact) mass is 960 g/mol. The largest absolute Gasteiger partial charge is 0.481 e. The van der Waals surface area contributed by atoms with Gasteiger partial charge in [-0.15, -0.1) is 0 Å². The van der Waals surface area contributed by atoms with E-state index in [0.717, 1.165) is 11.8 Å². The van der Waals surface area contributed by atoms with Crippen molar-refractivity contribution in [3.8, 4) is 0 Å². The second-order valence-corrected chi connectivity index (χ2v) is 16.6. The Morgan fingerprint density at radius 1 is 0.597 bits per heavy atom. The summed E-state index contributed by atoms with van der Waals surface area (Å²) in [6, 6.07) is -13.6. The molecule has 0 radical (unpaired) electrons. The summed E-state index contributed by atoms with van der Waals surface area (Å²) in [5, 5.41) is 73.9. The Bertz CT molecular complexity index is 1770. The fourth-order valence-corrected chi connectivity index (χ4v) is 6.64. The number of aliphatic hydroxyl groups is 3. The minimum atomic E-state index is -1.75. The Morgan fingerprint density at radius 3 is 1.52 bits per heavy atom. The standard InChI is InChI=1S/C40H68N10O17/c1-18(2)30(38(64)49-31(21(5)53)40(66)67)48-32(58)19(3)43-36(62)25(17-51)47-33(59)22(9-6-7-15-41)44-34(60)23(11-13-27(54)55)45-35(61)24(12-14-28(56)57)46-37(63)26-10-8-16-50(26)39(65)29(42)20(4)52/h18-26,29-31,51-53H,6-17,41-42H2,1-5H3,(H,43,62)(H,44,60)(H,45,61)(H,46,63)(H,47,59)(H,48,58)(H,49,64)(H,54,55)(H,56,57)(H,66,67)/t19-,20+,21+,22-,23-,24-,25-,26-,29-,30-,31-/m0/s1. The highest BCUT2D eigenvalue weighted by Crippen LogP contribution is 2.20. The highest BCUT2D eigenvalue weighted by Gasteiger charge is 2.40. The number of aliphatic carboxylic acids is 3. The van der Waals surface area contributed by atoms with Gasteiger partial charge in [-0.3, -0.25) is 47.9 Å². The zero-order chi connectivity index (χ0) is 51.3. The lowest BCUT2D eigenvalue weighted by Gasteiger charge is -2.29. The second-order valence-electron chi connectivity index (χ2n) is 16.6. The molecule has 1 aliphatic heterocycles. The number of amides is 8. The molecule has 1 aliphatic rings. The number of hydrogen-bond acceptors (Lipinski definition) is 16. The van der Waals surface area contributed by atoms with Crippen LogP contribution in [0.15, 0.2) is 0 Å². The predicted molar refractivity (Wildman–Crippen MR) is 231 cm³/mol. The summed E-state index contributed by atoms with van der Waals surface area (Å²) in [5.74, 6) is -12.8. The highest BCUT2D eigenvalue weighted by atomic mass is 16.4. The molecule has 0 spiro atoms. The Labute approximate surface area is 386 Å². The maximum atomic E-state index is 13.8. The van der Waals surface area contributed by atoms with Crippen LogP contribution in [-0.4, -0.2) is 187 Å². The molecular formula is C40H68N10O17. The summed E-state index contributed by atoms with van der Waals surface area (Å²) in [6.07, 6.45) is -4.33. The lowest BCUT2D eigenvalue weighted by Crippen LogP contribution is -2.61. The van der Waals surface area contributed by atoms with Crippen molar-refractivity contribution in [2.75, 3.05) is 19.7 Å². The average Bonchev–Trinajstić information content (AvgIpc) is 3.75. The van der Waals surface area contributed by atoms with Crippen LogP contribution in [0, 0.1) is 5.92 Å². The SMILES string of the molecule is CC(C)[C@H](NC(=O)[C@H](C)NC(=O)[C@H](CO)NC(=O)[C@H](CCCCN)NC(=O)[C@H](CCC(=O)O)NC(=O)[C@H](CCC(=O)O)NC(=O)[C@@H]1CCCN1C(=O)[C@@H](N)[C@@H](C)O)C(=O)N[C@H](C(=O)O)[C@@H](C)O. The number of carbonyl (C=O) groups excluding carboxylic acids is 8. The molecule has 0 aromatic heterocycles. The minimum absolute atomic E-state index is 0.0901. The molecule has 1 fully saturated rings. The van der Waals surface area contributed by atoms with Gasteiger partial charge in [-0.05, 0) is 78.2 Å². The second kappa shape index (κ2) is 28.9. The fraction of sp³-hybridized carbons (Fsp3) is 0.725. The van der Waals surface area contributed by atoms with Gasteiger partial charge in [0.15, 0.2) is 6.04 Å². The van der Waals surface area contributed by atoms with Crippen LogP contribution in [0.3, 0.4) is 0 Å². The molecule has 27 nitrogen and oxygen atoms in total. The van der Waals surface area contributed by atoms with Crippen molar-refractivity contribution in [2.24, 2.45) is 17.4 Å². The molecule has 8 amide bonds. The van der Waals surface area contributed by atoms with Crippen LogP contribution in [0.1, 0.15) is 92.4 Å². The van der Waals surface area contributed by atoms with Crippen LogP contribution in [0.2, 0.25) is 0 Å². The average molecular weight is 961 g/mol. The van der Waals surface area contributed by atoms with E-state index >= 15 is 0 Å². The zero-order valence-electron chi connectivity index (χ0n) is 38.2. The first-order chi connectivity index (χ1) is 31.3. The van der Waals surface area contributed by atoms with Crippen molar-refractivity contribution in [3.63, 3.8) is 0 Å². The topological polar surface area (TPSA) is 449 Å². The van der Waals surface area contributed by atoms with Gasteiger partial charge in [0, 0.05) is 19.4 Å². The van der Waals surface area contributed by atoms with Gasteiger partial charge in [0.2, 0.25) is 47.3 Å². The van der Waals surface area contributed by atoms with Gasteiger partial charge in [0.05, 0.1) is 18.8 Å².